The molecular formula is C17H16F3N. The quantitative estimate of drug-likeness (QED) is 0.777. The van der Waals surface area contributed by atoms with Gasteiger partial charge in [0, 0.05) is 5.69 Å². The minimum absolute atomic E-state index is 0.0946. The Hall–Kier alpha value is -1.97. The summed E-state index contributed by atoms with van der Waals surface area (Å²) in [5.74, 6) is 0. The molecule has 2 aromatic carbocycles. The number of halogens is 3. The zero-order valence-corrected chi connectivity index (χ0v) is 11.9. The van der Waals surface area contributed by atoms with Crippen LogP contribution in [0.15, 0.2) is 36.4 Å². The Morgan fingerprint density at radius 2 is 1.86 bits per heavy atom. The van der Waals surface area contributed by atoms with Crippen molar-refractivity contribution in [2.45, 2.75) is 32.5 Å². The molecule has 0 aromatic heterocycles. The second-order valence-electron chi connectivity index (χ2n) is 5.57. The zero-order chi connectivity index (χ0) is 15.2. The minimum atomic E-state index is -4.30. The van der Waals surface area contributed by atoms with E-state index >= 15 is 0 Å². The monoisotopic (exact) mass is 291 g/mol. The lowest BCUT2D eigenvalue weighted by Crippen LogP contribution is -2.10. The normalized spacial score (nSPS) is 17.5. The Labute approximate surface area is 121 Å². The maximum Gasteiger partial charge on any atom is 0.416 e. The molecule has 110 valence electrons. The van der Waals surface area contributed by atoms with Gasteiger partial charge in [-0.1, -0.05) is 24.3 Å². The van der Waals surface area contributed by atoms with Crippen LogP contribution in [0.3, 0.4) is 0 Å². The molecule has 0 aliphatic carbocycles. The van der Waals surface area contributed by atoms with Crippen LogP contribution in [0.1, 0.15) is 33.9 Å². The number of rotatable bonds is 1. The van der Waals surface area contributed by atoms with Crippen LogP contribution in [0.25, 0.3) is 0 Å². The van der Waals surface area contributed by atoms with Gasteiger partial charge in [0.2, 0.25) is 0 Å². The Bertz CT molecular complexity index is 689. The van der Waals surface area contributed by atoms with Gasteiger partial charge in [0.05, 0.1) is 11.6 Å². The van der Waals surface area contributed by atoms with Crippen LogP contribution >= 0.6 is 0 Å². The van der Waals surface area contributed by atoms with Crippen molar-refractivity contribution >= 4 is 5.69 Å². The van der Waals surface area contributed by atoms with Gasteiger partial charge >= 0.3 is 6.18 Å². The molecule has 0 fully saturated rings. The van der Waals surface area contributed by atoms with Gasteiger partial charge in [0.1, 0.15) is 0 Å². The third-order valence-corrected chi connectivity index (χ3v) is 4.18. The van der Waals surface area contributed by atoms with Crippen molar-refractivity contribution in [3.05, 3.63) is 64.2 Å². The van der Waals surface area contributed by atoms with Crippen molar-refractivity contribution in [3.8, 4) is 0 Å². The molecule has 0 bridgehead atoms. The molecule has 1 aliphatic rings. The average molecular weight is 291 g/mol. The first-order valence-electron chi connectivity index (χ1n) is 6.89. The second-order valence-corrected chi connectivity index (χ2v) is 5.57. The summed E-state index contributed by atoms with van der Waals surface area (Å²) in [4.78, 5) is 0. The van der Waals surface area contributed by atoms with Crippen LogP contribution in [0.5, 0.6) is 0 Å². The first kappa shape index (κ1) is 14.0. The van der Waals surface area contributed by atoms with Gasteiger partial charge in [-0.2, -0.15) is 13.2 Å². The molecule has 0 spiro atoms. The van der Waals surface area contributed by atoms with Crippen LogP contribution in [0, 0.1) is 13.8 Å². The Morgan fingerprint density at radius 3 is 2.57 bits per heavy atom. The summed E-state index contributed by atoms with van der Waals surface area (Å²) in [5, 5.41) is 3.37. The number of nitrogens with one attached hydrogen (secondary N) is 1. The summed E-state index contributed by atoms with van der Waals surface area (Å²) in [7, 11) is 0. The van der Waals surface area contributed by atoms with Crippen molar-refractivity contribution in [2.24, 2.45) is 0 Å². The molecule has 1 nitrogen and oxygen atoms in total. The van der Waals surface area contributed by atoms with Crippen LogP contribution in [-0.4, -0.2) is 0 Å². The van der Waals surface area contributed by atoms with Gasteiger partial charge in [0.15, 0.2) is 0 Å². The number of hydrogen-bond acceptors (Lipinski definition) is 1. The van der Waals surface area contributed by atoms with Gasteiger partial charge < -0.3 is 5.32 Å². The molecular weight excluding hydrogens is 275 g/mol. The highest BCUT2D eigenvalue weighted by molar-refractivity contribution is 5.65. The predicted octanol–water partition coefficient (Wildman–Crippen LogP) is 5.03. The number of hydrogen-bond donors (Lipinski definition) is 1. The van der Waals surface area contributed by atoms with Crippen molar-refractivity contribution in [1.82, 2.24) is 0 Å². The van der Waals surface area contributed by atoms with Crippen molar-refractivity contribution in [3.63, 3.8) is 0 Å². The fraction of sp³-hybridized carbons (Fsp3) is 0.294. The minimum Gasteiger partial charge on any atom is -0.377 e. The lowest BCUT2D eigenvalue weighted by atomic mass is 9.99. The van der Waals surface area contributed by atoms with Gasteiger partial charge in [0.25, 0.3) is 0 Å². The molecule has 1 aliphatic heterocycles. The molecule has 2 aromatic rings. The lowest BCUT2D eigenvalue weighted by Gasteiger charge is -2.15. The Balaban J connectivity index is 1.93. The lowest BCUT2D eigenvalue weighted by molar-refractivity contribution is -0.137. The van der Waals surface area contributed by atoms with Crippen LogP contribution in [0.2, 0.25) is 0 Å². The summed E-state index contributed by atoms with van der Waals surface area (Å²) in [6, 6.07) is 9.60. The molecule has 1 N–H and O–H groups in total. The highest BCUT2D eigenvalue weighted by atomic mass is 19.4. The van der Waals surface area contributed by atoms with E-state index in [-0.39, 0.29) is 6.04 Å². The standard InChI is InChI=1S/C17H16F3N/c1-10-6-7-13-9-15(21-16(13)11(10)2)12-4-3-5-14(8-12)17(18,19)20/h3-8,15,21H,9H2,1-2H3. The SMILES string of the molecule is Cc1ccc2c(c1C)NC(c1cccc(C(F)(F)F)c1)C2. The number of benzene rings is 2. The third kappa shape index (κ3) is 2.50. The number of fused-ring (bicyclic) bond motifs is 1. The fourth-order valence-electron chi connectivity index (χ4n) is 2.82. The van der Waals surface area contributed by atoms with E-state index < -0.39 is 11.7 Å². The van der Waals surface area contributed by atoms with Crippen LogP contribution in [0.4, 0.5) is 18.9 Å². The average Bonchev–Trinajstić information content (AvgIpc) is 2.87. The number of aryl methyl sites for hydroxylation is 1. The zero-order valence-electron chi connectivity index (χ0n) is 11.9. The Kier molecular flexibility index (Phi) is 3.19. The van der Waals surface area contributed by atoms with E-state index in [0.717, 1.165) is 18.2 Å². The van der Waals surface area contributed by atoms with Crippen LogP contribution < -0.4 is 5.32 Å². The molecule has 4 heteroatoms. The molecule has 0 amide bonds. The summed E-state index contributed by atoms with van der Waals surface area (Å²) in [5.41, 5.74) is 4.68. The van der Waals surface area contributed by atoms with Gasteiger partial charge in [-0.05, 0) is 54.7 Å². The van der Waals surface area contributed by atoms with Gasteiger partial charge in [-0.15, -0.1) is 0 Å². The van der Waals surface area contributed by atoms with Gasteiger partial charge in [-0.3, -0.25) is 0 Å². The topological polar surface area (TPSA) is 12.0 Å². The molecule has 21 heavy (non-hydrogen) atoms. The summed E-state index contributed by atoms with van der Waals surface area (Å²) in [6.07, 6.45) is -3.58. The van der Waals surface area contributed by atoms with E-state index in [4.69, 9.17) is 0 Å². The van der Waals surface area contributed by atoms with E-state index in [0.29, 0.717) is 5.56 Å². The molecule has 1 atom stereocenters. The van der Waals surface area contributed by atoms with E-state index in [1.807, 2.05) is 13.8 Å². The van der Waals surface area contributed by atoms with E-state index in [1.165, 1.54) is 28.8 Å². The van der Waals surface area contributed by atoms with E-state index in [9.17, 15) is 13.2 Å². The fourth-order valence-corrected chi connectivity index (χ4v) is 2.82. The first-order valence-corrected chi connectivity index (χ1v) is 6.89. The highest BCUT2D eigenvalue weighted by Gasteiger charge is 2.32. The predicted molar refractivity (Wildman–Crippen MR) is 77.4 cm³/mol. The molecule has 1 heterocycles. The van der Waals surface area contributed by atoms with Crippen molar-refractivity contribution in [1.29, 1.82) is 0 Å². The van der Waals surface area contributed by atoms with Crippen molar-refractivity contribution < 1.29 is 13.2 Å². The first-order chi connectivity index (χ1) is 9.86. The number of anilines is 1. The van der Waals surface area contributed by atoms with E-state index in [2.05, 4.69) is 17.4 Å². The second kappa shape index (κ2) is 4.79. The highest BCUT2D eigenvalue weighted by Crippen LogP contribution is 2.39. The largest absolute Gasteiger partial charge is 0.416 e. The summed E-state index contributed by atoms with van der Waals surface area (Å²) >= 11 is 0. The van der Waals surface area contributed by atoms with E-state index in [1.54, 1.807) is 6.07 Å². The van der Waals surface area contributed by atoms with Gasteiger partial charge in [-0.25, -0.2) is 0 Å². The molecule has 0 saturated heterocycles. The molecule has 0 radical (unpaired) electrons. The summed E-state index contributed by atoms with van der Waals surface area (Å²) < 4.78 is 38.4. The molecule has 0 saturated carbocycles. The molecule has 3 rings (SSSR count). The molecule has 1 unspecified atom stereocenters. The van der Waals surface area contributed by atoms with Crippen LogP contribution in [-0.2, 0) is 12.6 Å². The smallest absolute Gasteiger partial charge is 0.377 e. The summed E-state index contributed by atoms with van der Waals surface area (Å²) in [6.45, 7) is 4.07. The Morgan fingerprint density at radius 1 is 1.10 bits per heavy atom. The maximum atomic E-state index is 12.8. The maximum absolute atomic E-state index is 12.8. The third-order valence-electron chi connectivity index (χ3n) is 4.18. The number of alkyl halides is 3. The van der Waals surface area contributed by atoms with Crippen molar-refractivity contribution in [2.75, 3.05) is 5.32 Å².